The molecule has 0 radical (unpaired) electrons. The molecule has 1 N–H and O–H groups in total. The zero-order chi connectivity index (χ0) is 18.2. The summed E-state index contributed by atoms with van der Waals surface area (Å²) in [5.74, 6) is -0.000547. The standard InChI is InChI=1S/C25H19NO/c27-25-23(21-16-15-17-9-7-8-14-20(17)24(21)26-25)22(18-10-3-1-4-11-18)19-12-5-2-6-13-19/h1-14H,15-16H2,(H,26,27). The highest BCUT2D eigenvalue weighted by Gasteiger charge is 2.34. The third kappa shape index (κ3) is 2.61. The summed E-state index contributed by atoms with van der Waals surface area (Å²) in [6.07, 6.45) is 1.84. The van der Waals surface area contributed by atoms with E-state index in [1.807, 2.05) is 42.5 Å². The predicted octanol–water partition coefficient (Wildman–Crippen LogP) is 4.98. The van der Waals surface area contributed by atoms with Crippen LogP contribution in [0.4, 0.5) is 0 Å². The van der Waals surface area contributed by atoms with E-state index in [0.717, 1.165) is 51.9 Å². The Hall–Kier alpha value is -3.39. The number of carbonyl (C=O) groups excluding carboxylic acids is 1. The molecular weight excluding hydrogens is 330 g/mol. The number of hydrogen-bond donors (Lipinski definition) is 1. The van der Waals surface area contributed by atoms with Crippen LogP contribution in [0.3, 0.4) is 0 Å². The molecule has 1 heterocycles. The van der Waals surface area contributed by atoms with Crippen LogP contribution >= 0.6 is 0 Å². The Labute approximate surface area is 158 Å². The fourth-order valence-corrected chi connectivity index (χ4v) is 4.16. The zero-order valence-corrected chi connectivity index (χ0v) is 14.9. The van der Waals surface area contributed by atoms with Gasteiger partial charge in [-0.2, -0.15) is 0 Å². The van der Waals surface area contributed by atoms with Gasteiger partial charge in [-0.25, -0.2) is 0 Å². The summed E-state index contributed by atoms with van der Waals surface area (Å²) < 4.78 is 0. The number of benzene rings is 3. The van der Waals surface area contributed by atoms with Crippen molar-refractivity contribution in [1.82, 2.24) is 5.32 Å². The summed E-state index contributed by atoms with van der Waals surface area (Å²) in [4.78, 5) is 13.1. The van der Waals surface area contributed by atoms with E-state index in [4.69, 9.17) is 0 Å². The van der Waals surface area contributed by atoms with Crippen molar-refractivity contribution in [3.63, 3.8) is 0 Å². The Bertz CT molecular complexity index is 1050. The van der Waals surface area contributed by atoms with E-state index in [-0.39, 0.29) is 5.91 Å². The average Bonchev–Trinajstić information content (AvgIpc) is 3.06. The molecule has 2 aliphatic rings. The van der Waals surface area contributed by atoms with Crippen LogP contribution in [-0.4, -0.2) is 5.91 Å². The highest BCUT2D eigenvalue weighted by molar-refractivity contribution is 6.17. The van der Waals surface area contributed by atoms with E-state index in [1.54, 1.807) is 0 Å². The summed E-state index contributed by atoms with van der Waals surface area (Å²) in [6.45, 7) is 0. The summed E-state index contributed by atoms with van der Waals surface area (Å²) in [7, 11) is 0. The molecule has 5 rings (SSSR count). The Balaban J connectivity index is 1.80. The SMILES string of the molecule is O=C1NC2=C(CCc3ccccc32)C1=C(c1ccccc1)c1ccccc1. The smallest absolute Gasteiger partial charge is 0.256 e. The lowest BCUT2D eigenvalue weighted by atomic mass is 9.84. The molecule has 1 aliphatic carbocycles. The van der Waals surface area contributed by atoms with Crippen LogP contribution in [0.25, 0.3) is 11.3 Å². The second-order valence-corrected chi connectivity index (χ2v) is 6.95. The first-order valence-corrected chi connectivity index (χ1v) is 9.31. The Morgan fingerprint density at radius 1 is 0.704 bits per heavy atom. The van der Waals surface area contributed by atoms with Gasteiger partial charge in [-0.3, -0.25) is 4.79 Å². The lowest BCUT2D eigenvalue weighted by molar-refractivity contribution is -0.115. The Morgan fingerprint density at radius 2 is 1.30 bits per heavy atom. The van der Waals surface area contributed by atoms with Gasteiger partial charge in [-0.1, -0.05) is 84.9 Å². The highest BCUT2D eigenvalue weighted by Crippen LogP contribution is 2.42. The lowest BCUT2D eigenvalue weighted by Gasteiger charge is -2.19. The van der Waals surface area contributed by atoms with Gasteiger partial charge in [0, 0.05) is 11.1 Å². The van der Waals surface area contributed by atoms with Gasteiger partial charge in [0.15, 0.2) is 0 Å². The summed E-state index contributed by atoms with van der Waals surface area (Å²) in [6, 6.07) is 28.8. The van der Waals surface area contributed by atoms with Gasteiger partial charge < -0.3 is 5.32 Å². The van der Waals surface area contributed by atoms with Crippen molar-refractivity contribution in [2.75, 3.05) is 0 Å². The molecule has 2 heteroatoms. The maximum Gasteiger partial charge on any atom is 0.256 e. The Morgan fingerprint density at radius 3 is 1.96 bits per heavy atom. The average molecular weight is 349 g/mol. The fraction of sp³-hybridized carbons (Fsp3) is 0.0800. The summed E-state index contributed by atoms with van der Waals surface area (Å²) in [5, 5.41) is 3.16. The minimum Gasteiger partial charge on any atom is -0.321 e. The van der Waals surface area contributed by atoms with E-state index in [0.29, 0.717) is 0 Å². The van der Waals surface area contributed by atoms with Crippen LogP contribution in [-0.2, 0) is 11.2 Å². The normalized spacial score (nSPS) is 15.3. The highest BCUT2D eigenvalue weighted by atomic mass is 16.2. The fourth-order valence-electron chi connectivity index (χ4n) is 4.16. The van der Waals surface area contributed by atoms with E-state index in [1.165, 1.54) is 5.56 Å². The monoisotopic (exact) mass is 349 g/mol. The van der Waals surface area contributed by atoms with Crippen molar-refractivity contribution >= 4 is 17.2 Å². The first-order chi connectivity index (χ1) is 13.3. The molecule has 0 saturated heterocycles. The van der Waals surface area contributed by atoms with Crippen LogP contribution in [0.5, 0.6) is 0 Å². The second-order valence-electron chi connectivity index (χ2n) is 6.95. The Kier molecular flexibility index (Phi) is 3.75. The van der Waals surface area contributed by atoms with Crippen molar-refractivity contribution in [2.24, 2.45) is 0 Å². The van der Waals surface area contributed by atoms with Gasteiger partial charge in [0.05, 0.1) is 11.3 Å². The minimum absolute atomic E-state index is 0.000547. The molecule has 1 aliphatic heterocycles. The van der Waals surface area contributed by atoms with Gasteiger partial charge in [-0.15, -0.1) is 0 Å². The molecule has 130 valence electrons. The molecule has 0 unspecified atom stereocenters. The van der Waals surface area contributed by atoms with Crippen LogP contribution in [0.2, 0.25) is 0 Å². The van der Waals surface area contributed by atoms with Crippen LogP contribution in [0, 0.1) is 0 Å². The number of rotatable bonds is 2. The van der Waals surface area contributed by atoms with Crippen molar-refractivity contribution < 1.29 is 4.79 Å². The van der Waals surface area contributed by atoms with E-state index < -0.39 is 0 Å². The van der Waals surface area contributed by atoms with Crippen molar-refractivity contribution in [1.29, 1.82) is 0 Å². The first-order valence-electron chi connectivity index (χ1n) is 9.31. The molecule has 0 spiro atoms. The van der Waals surface area contributed by atoms with E-state index >= 15 is 0 Å². The quantitative estimate of drug-likeness (QED) is 0.650. The van der Waals surface area contributed by atoms with E-state index in [9.17, 15) is 4.79 Å². The number of amides is 1. The predicted molar refractivity (Wildman–Crippen MR) is 109 cm³/mol. The molecule has 0 atom stereocenters. The number of hydrogen-bond acceptors (Lipinski definition) is 1. The molecular formula is C25H19NO. The first kappa shape index (κ1) is 15.8. The maximum absolute atomic E-state index is 13.1. The maximum atomic E-state index is 13.1. The van der Waals surface area contributed by atoms with Gasteiger partial charge >= 0.3 is 0 Å². The number of carbonyl (C=O) groups is 1. The topological polar surface area (TPSA) is 29.1 Å². The molecule has 1 amide bonds. The molecule has 27 heavy (non-hydrogen) atoms. The minimum atomic E-state index is -0.000547. The van der Waals surface area contributed by atoms with Crippen molar-refractivity contribution in [3.8, 4) is 0 Å². The van der Waals surface area contributed by atoms with Crippen LogP contribution in [0.1, 0.15) is 28.7 Å². The molecule has 3 aromatic carbocycles. The number of fused-ring (bicyclic) bond motifs is 2. The van der Waals surface area contributed by atoms with Crippen molar-refractivity contribution in [3.05, 3.63) is 118 Å². The van der Waals surface area contributed by atoms with Gasteiger partial charge in [-0.05, 0) is 35.1 Å². The summed E-state index contributed by atoms with van der Waals surface area (Å²) >= 11 is 0. The molecule has 3 aromatic rings. The number of nitrogens with one attached hydrogen (secondary N) is 1. The molecule has 0 bridgehead atoms. The number of aryl methyl sites for hydroxylation is 1. The summed E-state index contributed by atoms with van der Waals surface area (Å²) in [5.41, 5.74) is 8.56. The van der Waals surface area contributed by atoms with Crippen LogP contribution < -0.4 is 5.32 Å². The largest absolute Gasteiger partial charge is 0.321 e. The second kappa shape index (κ2) is 6.40. The third-order valence-corrected chi connectivity index (χ3v) is 5.38. The molecule has 0 saturated carbocycles. The van der Waals surface area contributed by atoms with E-state index in [2.05, 4.69) is 47.8 Å². The molecule has 2 nitrogen and oxygen atoms in total. The van der Waals surface area contributed by atoms with Gasteiger partial charge in [0.2, 0.25) is 0 Å². The third-order valence-electron chi connectivity index (χ3n) is 5.38. The lowest BCUT2D eigenvalue weighted by Crippen LogP contribution is -2.17. The zero-order valence-electron chi connectivity index (χ0n) is 14.9. The van der Waals surface area contributed by atoms with Crippen LogP contribution in [0.15, 0.2) is 96.1 Å². The van der Waals surface area contributed by atoms with Gasteiger partial charge in [0.1, 0.15) is 0 Å². The molecule has 0 aromatic heterocycles. The molecule has 0 fully saturated rings. The van der Waals surface area contributed by atoms with Crippen molar-refractivity contribution in [2.45, 2.75) is 12.8 Å². The van der Waals surface area contributed by atoms with Gasteiger partial charge in [0.25, 0.3) is 5.91 Å².